The van der Waals surface area contributed by atoms with E-state index in [9.17, 15) is 0 Å². The SMILES string of the molecule is CCCNCCCOC(C)COC. The Morgan fingerprint density at radius 1 is 1.31 bits per heavy atom. The number of hydrogen-bond donors (Lipinski definition) is 1. The van der Waals surface area contributed by atoms with Crippen LogP contribution in [0.2, 0.25) is 0 Å². The topological polar surface area (TPSA) is 30.5 Å². The molecular formula is C10H23NO2. The van der Waals surface area contributed by atoms with Gasteiger partial charge in [0.2, 0.25) is 0 Å². The van der Waals surface area contributed by atoms with Gasteiger partial charge in [-0.25, -0.2) is 0 Å². The van der Waals surface area contributed by atoms with E-state index < -0.39 is 0 Å². The maximum atomic E-state index is 5.50. The van der Waals surface area contributed by atoms with Crippen LogP contribution in [0.1, 0.15) is 26.7 Å². The van der Waals surface area contributed by atoms with Gasteiger partial charge in [0.1, 0.15) is 0 Å². The van der Waals surface area contributed by atoms with Gasteiger partial charge in [-0.1, -0.05) is 6.92 Å². The number of rotatable bonds is 9. The van der Waals surface area contributed by atoms with E-state index in [1.807, 2.05) is 6.92 Å². The van der Waals surface area contributed by atoms with Crippen molar-refractivity contribution in [1.29, 1.82) is 0 Å². The molecule has 0 amide bonds. The van der Waals surface area contributed by atoms with Crippen LogP contribution in [-0.4, -0.2) is 39.5 Å². The minimum Gasteiger partial charge on any atom is -0.382 e. The lowest BCUT2D eigenvalue weighted by Gasteiger charge is -2.11. The largest absolute Gasteiger partial charge is 0.382 e. The van der Waals surface area contributed by atoms with Gasteiger partial charge in [-0.05, 0) is 32.9 Å². The Labute approximate surface area is 81.8 Å². The van der Waals surface area contributed by atoms with E-state index in [1.165, 1.54) is 6.42 Å². The van der Waals surface area contributed by atoms with E-state index in [4.69, 9.17) is 9.47 Å². The van der Waals surface area contributed by atoms with Crippen molar-refractivity contribution in [3.05, 3.63) is 0 Å². The zero-order chi connectivity index (χ0) is 9.94. The molecule has 1 unspecified atom stereocenters. The number of hydrogen-bond acceptors (Lipinski definition) is 3. The monoisotopic (exact) mass is 189 g/mol. The van der Waals surface area contributed by atoms with Crippen LogP contribution in [0.5, 0.6) is 0 Å². The fourth-order valence-electron chi connectivity index (χ4n) is 1.07. The lowest BCUT2D eigenvalue weighted by molar-refractivity contribution is 0.00842. The van der Waals surface area contributed by atoms with Crippen LogP contribution >= 0.6 is 0 Å². The molecule has 0 radical (unpaired) electrons. The highest BCUT2D eigenvalue weighted by molar-refractivity contribution is 4.49. The summed E-state index contributed by atoms with van der Waals surface area (Å²) in [7, 11) is 1.70. The molecule has 0 aromatic rings. The highest BCUT2D eigenvalue weighted by atomic mass is 16.5. The van der Waals surface area contributed by atoms with Crippen molar-refractivity contribution in [2.24, 2.45) is 0 Å². The minimum absolute atomic E-state index is 0.219. The molecule has 0 aliphatic rings. The minimum atomic E-state index is 0.219. The third kappa shape index (κ3) is 9.80. The van der Waals surface area contributed by atoms with Gasteiger partial charge in [0.15, 0.2) is 0 Å². The van der Waals surface area contributed by atoms with Gasteiger partial charge >= 0.3 is 0 Å². The van der Waals surface area contributed by atoms with E-state index in [2.05, 4.69) is 12.2 Å². The van der Waals surface area contributed by atoms with Crippen molar-refractivity contribution in [3.63, 3.8) is 0 Å². The first-order valence-corrected chi connectivity index (χ1v) is 5.12. The molecule has 1 atom stereocenters. The molecule has 0 aromatic carbocycles. The fraction of sp³-hybridized carbons (Fsp3) is 1.00. The van der Waals surface area contributed by atoms with Crippen LogP contribution in [-0.2, 0) is 9.47 Å². The first-order chi connectivity index (χ1) is 6.31. The second kappa shape index (κ2) is 9.96. The van der Waals surface area contributed by atoms with Crippen molar-refractivity contribution in [2.45, 2.75) is 32.8 Å². The van der Waals surface area contributed by atoms with Gasteiger partial charge in [0.25, 0.3) is 0 Å². The number of ether oxygens (including phenoxy) is 2. The van der Waals surface area contributed by atoms with Gasteiger partial charge in [-0.3, -0.25) is 0 Å². The van der Waals surface area contributed by atoms with Crippen LogP contribution in [0.15, 0.2) is 0 Å². The molecule has 0 bridgehead atoms. The van der Waals surface area contributed by atoms with Gasteiger partial charge < -0.3 is 14.8 Å². The van der Waals surface area contributed by atoms with E-state index in [0.717, 1.165) is 26.1 Å². The summed E-state index contributed by atoms with van der Waals surface area (Å²) in [5, 5.41) is 3.33. The third-order valence-electron chi connectivity index (χ3n) is 1.73. The highest BCUT2D eigenvalue weighted by Crippen LogP contribution is 1.92. The molecule has 0 spiro atoms. The Morgan fingerprint density at radius 3 is 2.69 bits per heavy atom. The summed E-state index contributed by atoms with van der Waals surface area (Å²) in [5.41, 5.74) is 0. The Hall–Kier alpha value is -0.120. The quantitative estimate of drug-likeness (QED) is 0.557. The highest BCUT2D eigenvalue weighted by Gasteiger charge is 1.99. The predicted molar refractivity (Wildman–Crippen MR) is 55.1 cm³/mol. The molecule has 0 heterocycles. The molecule has 0 rings (SSSR count). The Morgan fingerprint density at radius 2 is 2.08 bits per heavy atom. The first kappa shape index (κ1) is 12.9. The smallest absolute Gasteiger partial charge is 0.0780 e. The summed E-state index contributed by atoms with van der Waals surface area (Å²) in [6.07, 6.45) is 2.49. The van der Waals surface area contributed by atoms with Crippen molar-refractivity contribution in [2.75, 3.05) is 33.4 Å². The van der Waals surface area contributed by atoms with E-state index in [0.29, 0.717) is 6.61 Å². The van der Waals surface area contributed by atoms with Crippen molar-refractivity contribution < 1.29 is 9.47 Å². The van der Waals surface area contributed by atoms with Gasteiger partial charge in [0, 0.05) is 13.7 Å². The van der Waals surface area contributed by atoms with Gasteiger partial charge in [-0.15, -0.1) is 0 Å². The van der Waals surface area contributed by atoms with E-state index in [1.54, 1.807) is 7.11 Å². The van der Waals surface area contributed by atoms with E-state index >= 15 is 0 Å². The summed E-state index contributed by atoms with van der Waals surface area (Å²) in [6.45, 7) is 7.86. The Kier molecular flexibility index (Phi) is 9.87. The van der Waals surface area contributed by atoms with Crippen molar-refractivity contribution in [3.8, 4) is 0 Å². The Balaban J connectivity index is 2.97. The summed E-state index contributed by atoms with van der Waals surface area (Å²) < 4.78 is 10.5. The molecule has 0 saturated heterocycles. The van der Waals surface area contributed by atoms with Crippen LogP contribution in [0.3, 0.4) is 0 Å². The van der Waals surface area contributed by atoms with Crippen LogP contribution in [0.25, 0.3) is 0 Å². The average molecular weight is 189 g/mol. The summed E-state index contributed by atoms with van der Waals surface area (Å²) >= 11 is 0. The first-order valence-electron chi connectivity index (χ1n) is 5.12. The zero-order valence-corrected chi connectivity index (χ0v) is 9.14. The normalized spacial score (nSPS) is 13.2. The molecule has 3 heteroatoms. The molecular weight excluding hydrogens is 166 g/mol. The van der Waals surface area contributed by atoms with Gasteiger partial charge in [-0.2, -0.15) is 0 Å². The third-order valence-corrected chi connectivity index (χ3v) is 1.73. The number of nitrogens with one attached hydrogen (secondary N) is 1. The molecule has 1 N–H and O–H groups in total. The van der Waals surface area contributed by atoms with Crippen molar-refractivity contribution >= 4 is 0 Å². The molecule has 0 aliphatic carbocycles. The molecule has 0 saturated carbocycles. The van der Waals surface area contributed by atoms with Crippen molar-refractivity contribution in [1.82, 2.24) is 5.32 Å². The summed E-state index contributed by atoms with van der Waals surface area (Å²) in [6, 6.07) is 0. The second-order valence-corrected chi connectivity index (χ2v) is 3.24. The summed E-state index contributed by atoms with van der Waals surface area (Å²) in [5.74, 6) is 0. The predicted octanol–water partition coefficient (Wildman–Crippen LogP) is 1.43. The lowest BCUT2D eigenvalue weighted by Crippen LogP contribution is -2.20. The van der Waals surface area contributed by atoms with Crippen LogP contribution in [0.4, 0.5) is 0 Å². The molecule has 0 aromatic heterocycles. The standard InChI is InChI=1S/C10H23NO2/c1-4-6-11-7-5-8-13-10(2)9-12-3/h10-11H,4-9H2,1-3H3. The molecule has 0 fully saturated rings. The Bertz CT molecular complexity index is 98.9. The number of methoxy groups -OCH3 is 1. The summed E-state index contributed by atoms with van der Waals surface area (Å²) in [4.78, 5) is 0. The maximum Gasteiger partial charge on any atom is 0.0780 e. The van der Waals surface area contributed by atoms with Gasteiger partial charge in [0.05, 0.1) is 12.7 Å². The maximum absolute atomic E-state index is 5.50. The molecule has 13 heavy (non-hydrogen) atoms. The zero-order valence-electron chi connectivity index (χ0n) is 9.14. The lowest BCUT2D eigenvalue weighted by atomic mass is 10.4. The molecule has 80 valence electrons. The molecule has 0 aliphatic heterocycles. The second-order valence-electron chi connectivity index (χ2n) is 3.24. The average Bonchev–Trinajstić information content (AvgIpc) is 2.11. The van der Waals surface area contributed by atoms with E-state index in [-0.39, 0.29) is 6.10 Å². The fourth-order valence-corrected chi connectivity index (χ4v) is 1.07. The van der Waals surface area contributed by atoms with Crippen LogP contribution < -0.4 is 5.32 Å². The molecule has 3 nitrogen and oxygen atoms in total. The van der Waals surface area contributed by atoms with Crippen LogP contribution in [0, 0.1) is 0 Å².